The Hall–Kier alpha value is -1.00. The third-order valence-corrected chi connectivity index (χ3v) is 3.57. The molecular formula is C14H20ClNO3. The van der Waals surface area contributed by atoms with E-state index in [-0.39, 0.29) is 17.1 Å². The van der Waals surface area contributed by atoms with Crippen LogP contribution >= 0.6 is 11.6 Å². The van der Waals surface area contributed by atoms with Crippen molar-refractivity contribution in [1.29, 1.82) is 0 Å². The summed E-state index contributed by atoms with van der Waals surface area (Å²) in [6, 6.07) is 1.38. The second kappa shape index (κ2) is 7.56. The van der Waals surface area contributed by atoms with Gasteiger partial charge in [-0.3, -0.25) is 4.79 Å². The van der Waals surface area contributed by atoms with E-state index in [9.17, 15) is 4.79 Å². The monoisotopic (exact) mass is 285 g/mol. The van der Waals surface area contributed by atoms with Crippen LogP contribution in [-0.2, 0) is 5.88 Å². The largest absolute Gasteiger partial charge is 0.487 e. The van der Waals surface area contributed by atoms with Crippen LogP contribution in [0, 0.1) is 0 Å². The standard InChI is InChI=1S/C14H20ClNO3/c15-10-12-9-13(17)14(11-19-12)18-8-4-7-16-5-2-1-3-6-16/h9,11H,1-8,10H2. The molecule has 0 aromatic carbocycles. The molecule has 1 aliphatic rings. The van der Waals surface area contributed by atoms with Crippen molar-refractivity contribution < 1.29 is 9.15 Å². The molecule has 0 aliphatic carbocycles. The van der Waals surface area contributed by atoms with Gasteiger partial charge in [-0.1, -0.05) is 6.42 Å². The van der Waals surface area contributed by atoms with E-state index in [2.05, 4.69) is 4.90 Å². The molecule has 1 saturated heterocycles. The van der Waals surface area contributed by atoms with Gasteiger partial charge in [0.05, 0.1) is 12.5 Å². The van der Waals surface area contributed by atoms with Crippen LogP contribution in [0.1, 0.15) is 31.4 Å². The fourth-order valence-corrected chi connectivity index (χ4v) is 2.41. The Labute approximate surface area is 118 Å². The zero-order chi connectivity index (χ0) is 13.5. The number of nitrogens with zero attached hydrogens (tertiary/aromatic N) is 1. The van der Waals surface area contributed by atoms with Gasteiger partial charge in [0, 0.05) is 12.6 Å². The summed E-state index contributed by atoms with van der Waals surface area (Å²) in [6.45, 7) is 3.95. The van der Waals surface area contributed by atoms with E-state index < -0.39 is 0 Å². The van der Waals surface area contributed by atoms with Crippen molar-refractivity contribution in [3.63, 3.8) is 0 Å². The molecule has 1 aliphatic heterocycles. The SMILES string of the molecule is O=c1cc(CCl)occ1OCCCN1CCCCC1. The molecule has 5 heteroatoms. The molecule has 0 N–H and O–H groups in total. The number of hydrogen-bond acceptors (Lipinski definition) is 4. The van der Waals surface area contributed by atoms with Crippen LogP contribution in [0.3, 0.4) is 0 Å². The van der Waals surface area contributed by atoms with E-state index >= 15 is 0 Å². The molecule has 1 aromatic rings. The highest BCUT2D eigenvalue weighted by Crippen LogP contribution is 2.10. The molecule has 0 unspecified atom stereocenters. The van der Waals surface area contributed by atoms with Crippen molar-refractivity contribution in [3.8, 4) is 5.75 Å². The minimum atomic E-state index is -0.167. The van der Waals surface area contributed by atoms with Gasteiger partial charge in [0.15, 0.2) is 0 Å². The van der Waals surface area contributed by atoms with Crippen LogP contribution in [0.2, 0.25) is 0 Å². The summed E-state index contributed by atoms with van der Waals surface area (Å²) in [4.78, 5) is 14.1. The average Bonchev–Trinajstić information content (AvgIpc) is 2.46. The number of likely N-dealkylation sites (tertiary alicyclic amines) is 1. The maximum absolute atomic E-state index is 11.6. The number of hydrogen-bond donors (Lipinski definition) is 0. The zero-order valence-corrected chi connectivity index (χ0v) is 11.8. The van der Waals surface area contributed by atoms with Gasteiger partial charge < -0.3 is 14.1 Å². The van der Waals surface area contributed by atoms with Gasteiger partial charge in [-0.15, -0.1) is 11.6 Å². The van der Waals surface area contributed by atoms with E-state index in [0.29, 0.717) is 12.4 Å². The molecule has 2 rings (SSSR count). The molecule has 1 aromatic heterocycles. The van der Waals surface area contributed by atoms with Gasteiger partial charge in [0.1, 0.15) is 12.0 Å². The van der Waals surface area contributed by atoms with E-state index in [0.717, 1.165) is 13.0 Å². The van der Waals surface area contributed by atoms with Crippen molar-refractivity contribution in [3.05, 3.63) is 28.3 Å². The summed E-state index contributed by atoms with van der Waals surface area (Å²) >= 11 is 5.59. The van der Waals surface area contributed by atoms with Crippen molar-refractivity contribution in [2.75, 3.05) is 26.2 Å². The highest BCUT2D eigenvalue weighted by atomic mass is 35.5. The van der Waals surface area contributed by atoms with Crippen LogP contribution in [0.5, 0.6) is 5.75 Å². The summed E-state index contributed by atoms with van der Waals surface area (Å²) in [6.07, 6.45) is 6.22. The number of alkyl halides is 1. The lowest BCUT2D eigenvalue weighted by atomic mass is 10.1. The Morgan fingerprint density at radius 2 is 2.11 bits per heavy atom. The quantitative estimate of drug-likeness (QED) is 0.595. The summed E-state index contributed by atoms with van der Waals surface area (Å²) in [5.41, 5.74) is -0.167. The van der Waals surface area contributed by atoms with Gasteiger partial charge in [0.2, 0.25) is 11.2 Å². The van der Waals surface area contributed by atoms with E-state index in [1.165, 1.54) is 44.7 Å². The van der Waals surface area contributed by atoms with Crippen LogP contribution in [0.25, 0.3) is 0 Å². The van der Waals surface area contributed by atoms with Gasteiger partial charge >= 0.3 is 0 Å². The molecule has 0 amide bonds. The normalized spacial score (nSPS) is 16.5. The fraction of sp³-hybridized carbons (Fsp3) is 0.643. The molecule has 1 fully saturated rings. The lowest BCUT2D eigenvalue weighted by molar-refractivity contribution is 0.203. The van der Waals surface area contributed by atoms with Crippen LogP contribution in [-0.4, -0.2) is 31.1 Å². The number of rotatable bonds is 6. The Balaban J connectivity index is 1.71. The summed E-state index contributed by atoms with van der Waals surface area (Å²) in [7, 11) is 0. The minimum Gasteiger partial charge on any atom is -0.487 e. The first-order valence-electron chi connectivity index (χ1n) is 6.82. The van der Waals surface area contributed by atoms with E-state index in [1.54, 1.807) is 0 Å². The Morgan fingerprint density at radius 1 is 1.32 bits per heavy atom. The van der Waals surface area contributed by atoms with Crippen molar-refractivity contribution in [2.24, 2.45) is 0 Å². The lowest BCUT2D eigenvalue weighted by Crippen LogP contribution is -2.31. The molecule has 19 heavy (non-hydrogen) atoms. The Bertz CT molecular complexity index is 441. The number of piperidine rings is 1. The van der Waals surface area contributed by atoms with E-state index in [4.69, 9.17) is 20.8 Å². The number of halogens is 1. The topological polar surface area (TPSA) is 42.7 Å². The second-order valence-corrected chi connectivity index (χ2v) is 5.08. The third-order valence-electron chi connectivity index (χ3n) is 3.31. The van der Waals surface area contributed by atoms with Gasteiger partial charge in [0.25, 0.3) is 0 Å². The molecular weight excluding hydrogens is 266 g/mol. The first-order chi connectivity index (χ1) is 9.29. The highest BCUT2D eigenvalue weighted by Gasteiger charge is 2.09. The Kier molecular flexibility index (Phi) is 5.73. The zero-order valence-electron chi connectivity index (χ0n) is 11.1. The van der Waals surface area contributed by atoms with Gasteiger partial charge in [-0.25, -0.2) is 0 Å². The van der Waals surface area contributed by atoms with E-state index in [1.807, 2.05) is 0 Å². The average molecular weight is 286 g/mol. The molecule has 0 bridgehead atoms. The van der Waals surface area contributed by atoms with Crippen molar-refractivity contribution in [1.82, 2.24) is 4.90 Å². The van der Waals surface area contributed by atoms with Crippen molar-refractivity contribution >= 4 is 11.6 Å². The minimum absolute atomic E-state index is 0.167. The maximum Gasteiger partial charge on any atom is 0.227 e. The summed E-state index contributed by atoms with van der Waals surface area (Å²) in [5, 5.41) is 0. The van der Waals surface area contributed by atoms with Crippen LogP contribution in [0.15, 0.2) is 21.5 Å². The molecule has 0 atom stereocenters. The van der Waals surface area contributed by atoms with Crippen molar-refractivity contribution in [2.45, 2.75) is 31.6 Å². The summed E-state index contributed by atoms with van der Waals surface area (Å²) < 4.78 is 10.6. The first kappa shape index (κ1) is 14.4. The predicted molar refractivity (Wildman–Crippen MR) is 74.9 cm³/mol. The van der Waals surface area contributed by atoms with Gasteiger partial charge in [-0.2, -0.15) is 0 Å². The molecule has 106 valence electrons. The third kappa shape index (κ3) is 4.55. The van der Waals surface area contributed by atoms with Crippen LogP contribution in [0.4, 0.5) is 0 Å². The molecule has 4 nitrogen and oxygen atoms in total. The predicted octanol–water partition coefficient (Wildman–Crippen LogP) is 2.63. The van der Waals surface area contributed by atoms with Crippen LogP contribution < -0.4 is 10.2 Å². The maximum atomic E-state index is 11.6. The molecule has 0 saturated carbocycles. The fourth-order valence-electron chi connectivity index (χ4n) is 2.27. The second-order valence-electron chi connectivity index (χ2n) is 4.81. The molecule has 2 heterocycles. The first-order valence-corrected chi connectivity index (χ1v) is 7.36. The summed E-state index contributed by atoms with van der Waals surface area (Å²) in [5.74, 6) is 0.935. The Morgan fingerprint density at radius 3 is 2.79 bits per heavy atom. The smallest absolute Gasteiger partial charge is 0.227 e. The highest BCUT2D eigenvalue weighted by molar-refractivity contribution is 6.16. The van der Waals surface area contributed by atoms with Gasteiger partial charge in [-0.05, 0) is 32.4 Å². The number of ether oxygens (including phenoxy) is 1. The molecule has 0 spiro atoms. The lowest BCUT2D eigenvalue weighted by Gasteiger charge is -2.26. The molecule has 0 radical (unpaired) electrons.